The van der Waals surface area contributed by atoms with E-state index < -0.39 is 0 Å². The molecule has 0 heterocycles. The van der Waals surface area contributed by atoms with E-state index >= 15 is 0 Å². The molecule has 124 valence electrons. The van der Waals surface area contributed by atoms with Crippen LogP contribution in [0.25, 0.3) is 0 Å². The Morgan fingerprint density at radius 1 is 1.08 bits per heavy atom. The average molecular weight is 323 g/mol. The van der Waals surface area contributed by atoms with E-state index in [-0.39, 0.29) is 12.5 Å². The maximum absolute atomic E-state index is 11.9. The summed E-state index contributed by atoms with van der Waals surface area (Å²) in [6.07, 6.45) is 0. The Hall–Kier alpha value is -3.00. The molecule has 2 aromatic rings. The number of carbonyl (C=O) groups is 1. The van der Waals surface area contributed by atoms with Crippen LogP contribution in [0.5, 0.6) is 5.75 Å². The topological polar surface area (TPSA) is 65.4 Å². The Balaban J connectivity index is 1.86. The fourth-order valence-corrected chi connectivity index (χ4v) is 2.32. The minimum Gasteiger partial charge on any atom is -0.484 e. The molecule has 0 aliphatic rings. The molecule has 0 bridgehead atoms. The standard InChI is InChI=1S/C19H21N3O2/c1-3-22(4-2)17-9-7-16(8-10-17)21-19(23)14-24-18-11-5-15(13-20)6-12-18/h5-12H,3-4,14H2,1-2H3,(H,21,23). The van der Waals surface area contributed by atoms with Gasteiger partial charge in [-0.25, -0.2) is 0 Å². The second-order valence-corrected chi connectivity index (χ2v) is 5.19. The van der Waals surface area contributed by atoms with Gasteiger partial charge >= 0.3 is 0 Å². The molecule has 0 fully saturated rings. The molecular weight excluding hydrogens is 302 g/mol. The second kappa shape index (κ2) is 8.59. The Morgan fingerprint density at radius 2 is 1.71 bits per heavy atom. The van der Waals surface area contributed by atoms with Gasteiger partial charge in [0.1, 0.15) is 5.75 Å². The molecule has 2 aromatic carbocycles. The first-order valence-corrected chi connectivity index (χ1v) is 7.94. The molecule has 1 amide bonds. The van der Waals surface area contributed by atoms with Gasteiger partial charge in [0.25, 0.3) is 5.91 Å². The summed E-state index contributed by atoms with van der Waals surface area (Å²) in [6.45, 7) is 6.03. The number of anilines is 2. The summed E-state index contributed by atoms with van der Waals surface area (Å²) in [6, 6.07) is 16.4. The molecule has 0 saturated heterocycles. The highest BCUT2D eigenvalue weighted by Gasteiger charge is 2.05. The molecule has 0 unspecified atom stereocenters. The third-order valence-corrected chi connectivity index (χ3v) is 3.63. The molecule has 24 heavy (non-hydrogen) atoms. The first-order valence-electron chi connectivity index (χ1n) is 7.94. The predicted octanol–water partition coefficient (Wildman–Crippen LogP) is 3.42. The molecular formula is C19H21N3O2. The van der Waals surface area contributed by atoms with E-state index in [0.717, 1.165) is 24.5 Å². The molecule has 0 aliphatic carbocycles. The molecule has 2 rings (SSSR count). The summed E-state index contributed by atoms with van der Waals surface area (Å²) < 4.78 is 5.41. The Labute approximate surface area is 142 Å². The minimum absolute atomic E-state index is 0.0797. The van der Waals surface area contributed by atoms with E-state index in [1.807, 2.05) is 30.3 Å². The number of carbonyl (C=O) groups excluding carboxylic acids is 1. The SMILES string of the molecule is CCN(CC)c1ccc(NC(=O)COc2ccc(C#N)cc2)cc1. The zero-order valence-electron chi connectivity index (χ0n) is 14.0. The van der Waals surface area contributed by atoms with E-state index in [4.69, 9.17) is 10.00 Å². The van der Waals surface area contributed by atoms with Gasteiger partial charge in [-0.2, -0.15) is 5.26 Å². The van der Waals surface area contributed by atoms with Crippen LogP contribution in [0.4, 0.5) is 11.4 Å². The van der Waals surface area contributed by atoms with E-state index in [1.165, 1.54) is 0 Å². The normalized spacial score (nSPS) is 9.88. The van der Waals surface area contributed by atoms with Crippen LogP contribution in [0.2, 0.25) is 0 Å². The lowest BCUT2D eigenvalue weighted by Gasteiger charge is -2.21. The van der Waals surface area contributed by atoms with E-state index in [9.17, 15) is 4.79 Å². The predicted molar refractivity (Wildman–Crippen MR) is 95.3 cm³/mol. The van der Waals surface area contributed by atoms with Crippen molar-refractivity contribution in [3.05, 3.63) is 54.1 Å². The van der Waals surface area contributed by atoms with Crippen LogP contribution < -0.4 is 15.0 Å². The molecule has 0 spiro atoms. The lowest BCUT2D eigenvalue weighted by atomic mass is 10.2. The lowest BCUT2D eigenvalue weighted by Crippen LogP contribution is -2.22. The van der Waals surface area contributed by atoms with Crippen molar-refractivity contribution in [3.63, 3.8) is 0 Å². The number of nitriles is 1. The van der Waals surface area contributed by atoms with Gasteiger partial charge in [0.15, 0.2) is 6.61 Å². The third kappa shape index (κ3) is 4.75. The summed E-state index contributed by atoms with van der Waals surface area (Å²) >= 11 is 0. The fourth-order valence-electron chi connectivity index (χ4n) is 2.32. The zero-order chi connectivity index (χ0) is 17.4. The summed E-state index contributed by atoms with van der Waals surface area (Å²) in [4.78, 5) is 14.2. The van der Waals surface area contributed by atoms with Crippen LogP contribution in [0.15, 0.2) is 48.5 Å². The van der Waals surface area contributed by atoms with Crippen LogP contribution in [0.1, 0.15) is 19.4 Å². The van der Waals surface area contributed by atoms with Crippen molar-refractivity contribution < 1.29 is 9.53 Å². The average Bonchev–Trinajstić information content (AvgIpc) is 2.63. The quantitative estimate of drug-likeness (QED) is 0.848. The molecule has 0 aliphatic heterocycles. The van der Waals surface area contributed by atoms with E-state index in [0.29, 0.717) is 11.3 Å². The van der Waals surface area contributed by atoms with Crippen LogP contribution in [-0.4, -0.2) is 25.6 Å². The monoisotopic (exact) mass is 323 g/mol. The van der Waals surface area contributed by atoms with Crippen molar-refractivity contribution in [2.24, 2.45) is 0 Å². The van der Waals surface area contributed by atoms with Gasteiger partial charge in [0, 0.05) is 24.5 Å². The van der Waals surface area contributed by atoms with Gasteiger partial charge < -0.3 is 15.0 Å². The van der Waals surface area contributed by atoms with Crippen molar-refractivity contribution in [2.75, 3.05) is 29.9 Å². The number of nitrogens with one attached hydrogen (secondary N) is 1. The fraction of sp³-hybridized carbons (Fsp3) is 0.263. The molecule has 1 N–H and O–H groups in total. The summed E-state index contributed by atoms with van der Waals surface area (Å²) in [5.41, 5.74) is 2.42. The van der Waals surface area contributed by atoms with Crippen LogP contribution >= 0.6 is 0 Å². The molecule has 0 radical (unpaired) electrons. The largest absolute Gasteiger partial charge is 0.484 e. The number of rotatable bonds is 7. The summed E-state index contributed by atoms with van der Waals surface area (Å²) in [7, 11) is 0. The van der Waals surface area contributed by atoms with Gasteiger partial charge in [0.2, 0.25) is 0 Å². The highest BCUT2D eigenvalue weighted by molar-refractivity contribution is 5.92. The Kier molecular flexibility index (Phi) is 6.21. The minimum atomic E-state index is -0.227. The number of hydrogen-bond donors (Lipinski definition) is 1. The number of ether oxygens (including phenoxy) is 1. The second-order valence-electron chi connectivity index (χ2n) is 5.19. The lowest BCUT2D eigenvalue weighted by molar-refractivity contribution is -0.118. The summed E-state index contributed by atoms with van der Waals surface area (Å²) in [5.74, 6) is 0.330. The molecule has 5 heteroatoms. The highest BCUT2D eigenvalue weighted by atomic mass is 16.5. The maximum Gasteiger partial charge on any atom is 0.262 e. The van der Waals surface area contributed by atoms with Crippen LogP contribution in [0.3, 0.4) is 0 Å². The molecule has 0 aromatic heterocycles. The Morgan fingerprint density at radius 3 is 2.25 bits per heavy atom. The molecule has 0 saturated carbocycles. The first kappa shape index (κ1) is 17.4. The number of benzene rings is 2. The van der Waals surface area contributed by atoms with Gasteiger partial charge in [0.05, 0.1) is 11.6 Å². The van der Waals surface area contributed by atoms with Crippen molar-refractivity contribution >= 4 is 17.3 Å². The van der Waals surface area contributed by atoms with E-state index in [1.54, 1.807) is 24.3 Å². The van der Waals surface area contributed by atoms with Crippen molar-refractivity contribution in [1.82, 2.24) is 0 Å². The van der Waals surface area contributed by atoms with Crippen molar-refractivity contribution in [1.29, 1.82) is 5.26 Å². The van der Waals surface area contributed by atoms with Crippen LogP contribution in [0, 0.1) is 11.3 Å². The van der Waals surface area contributed by atoms with Gasteiger partial charge in [-0.15, -0.1) is 0 Å². The van der Waals surface area contributed by atoms with Gasteiger partial charge in [-0.1, -0.05) is 0 Å². The van der Waals surface area contributed by atoms with E-state index in [2.05, 4.69) is 24.1 Å². The van der Waals surface area contributed by atoms with Gasteiger partial charge in [-0.3, -0.25) is 4.79 Å². The highest BCUT2D eigenvalue weighted by Crippen LogP contribution is 2.18. The van der Waals surface area contributed by atoms with Crippen molar-refractivity contribution in [2.45, 2.75) is 13.8 Å². The third-order valence-electron chi connectivity index (χ3n) is 3.63. The van der Waals surface area contributed by atoms with Crippen molar-refractivity contribution in [3.8, 4) is 11.8 Å². The molecule has 5 nitrogen and oxygen atoms in total. The summed E-state index contributed by atoms with van der Waals surface area (Å²) in [5, 5.41) is 11.5. The van der Waals surface area contributed by atoms with Crippen LogP contribution in [-0.2, 0) is 4.79 Å². The maximum atomic E-state index is 11.9. The first-order chi connectivity index (χ1) is 11.7. The number of nitrogens with zero attached hydrogens (tertiary/aromatic N) is 2. The molecule has 0 atom stereocenters. The van der Waals surface area contributed by atoms with Gasteiger partial charge in [-0.05, 0) is 62.4 Å². The Bertz CT molecular complexity index is 699. The zero-order valence-corrected chi connectivity index (χ0v) is 14.0. The number of hydrogen-bond acceptors (Lipinski definition) is 4. The smallest absolute Gasteiger partial charge is 0.262 e. The number of amides is 1.